The molecule has 1 aromatic rings. The molecule has 2 heterocycles. The van der Waals surface area contributed by atoms with E-state index in [4.69, 9.17) is 0 Å². The number of likely N-dealkylation sites (tertiary alicyclic amines) is 1. The molecule has 2 saturated heterocycles. The number of carbonyl (C=O) groups excluding carboxylic acids is 2. The number of benzene rings is 1. The molecule has 2 aliphatic heterocycles. The molecular weight excluding hydrogens is 297 g/mol. The number of amides is 2. The summed E-state index contributed by atoms with van der Waals surface area (Å²) in [7, 11) is 0. The smallest absolute Gasteiger partial charge is 0.242 e. The van der Waals surface area contributed by atoms with Crippen molar-refractivity contribution >= 4 is 11.8 Å². The van der Waals surface area contributed by atoms with Gasteiger partial charge in [-0.15, -0.1) is 0 Å². The molecule has 3 rings (SSSR count). The maximum absolute atomic E-state index is 14.1. The van der Waals surface area contributed by atoms with E-state index in [1.54, 1.807) is 28.0 Å². The van der Waals surface area contributed by atoms with Gasteiger partial charge in [-0.05, 0) is 18.4 Å². The standard InChI is InChI=1S/C17H22FN3O2/c1-12-8-15(13-4-2-3-5-14(13)18)21(10-12)17(23)11-20-7-6-19-9-16(20)22/h2-5,12,15,19H,6-11H2,1H3/t12-,15-/m0/s1. The van der Waals surface area contributed by atoms with Gasteiger partial charge >= 0.3 is 0 Å². The minimum atomic E-state index is -0.275. The topological polar surface area (TPSA) is 52.7 Å². The molecule has 124 valence electrons. The third kappa shape index (κ3) is 3.37. The van der Waals surface area contributed by atoms with Crippen LogP contribution in [0.4, 0.5) is 4.39 Å². The van der Waals surface area contributed by atoms with E-state index in [2.05, 4.69) is 12.2 Å². The predicted molar refractivity (Wildman–Crippen MR) is 84.1 cm³/mol. The van der Waals surface area contributed by atoms with Crippen LogP contribution in [0.3, 0.4) is 0 Å². The van der Waals surface area contributed by atoms with Crippen molar-refractivity contribution in [2.75, 3.05) is 32.7 Å². The van der Waals surface area contributed by atoms with Crippen LogP contribution < -0.4 is 5.32 Å². The predicted octanol–water partition coefficient (Wildman–Crippen LogP) is 1.17. The van der Waals surface area contributed by atoms with Gasteiger partial charge < -0.3 is 15.1 Å². The zero-order valence-electron chi connectivity index (χ0n) is 13.3. The van der Waals surface area contributed by atoms with Crippen LogP contribution in [0, 0.1) is 11.7 Å². The molecule has 0 unspecified atom stereocenters. The first-order valence-corrected chi connectivity index (χ1v) is 8.08. The van der Waals surface area contributed by atoms with Gasteiger partial charge in [0.1, 0.15) is 5.82 Å². The number of hydrogen-bond acceptors (Lipinski definition) is 3. The van der Waals surface area contributed by atoms with Crippen LogP contribution in [0.15, 0.2) is 24.3 Å². The summed E-state index contributed by atoms with van der Waals surface area (Å²) in [6.45, 7) is 4.28. The van der Waals surface area contributed by atoms with Gasteiger partial charge in [0.05, 0.1) is 19.1 Å². The number of rotatable bonds is 3. The van der Waals surface area contributed by atoms with E-state index in [0.717, 1.165) is 6.42 Å². The fourth-order valence-electron chi connectivity index (χ4n) is 3.43. The van der Waals surface area contributed by atoms with Gasteiger partial charge in [0.15, 0.2) is 0 Å². The molecule has 2 amide bonds. The zero-order chi connectivity index (χ0) is 16.4. The summed E-state index contributed by atoms with van der Waals surface area (Å²) < 4.78 is 14.1. The fraction of sp³-hybridized carbons (Fsp3) is 0.529. The van der Waals surface area contributed by atoms with Gasteiger partial charge in [-0.3, -0.25) is 9.59 Å². The SMILES string of the molecule is C[C@H]1C[C@@H](c2ccccc2F)N(C(=O)CN2CCNCC2=O)C1. The van der Waals surface area contributed by atoms with E-state index in [1.165, 1.54) is 6.07 Å². The largest absolute Gasteiger partial charge is 0.334 e. The molecule has 0 radical (unpaired) electrons. The number of hydrogen-bond donors (Lipinski definition) is 1. The Kier molecular flexibility index (Phi) is 4.61. The summed E-state index contributed by atoms with van der Waals surface area (Å²) >= 11 is 0. The molecule has 6 heteroatoms. The first-order valence-electron chi connectivity index (χ1n) is 8.08. The molecule has 0 aliphatic carbocycles. The minimum Gasteiger partial charge on any atom is -0.334 e. The third-order valence-corrected chi connectivity index (χ3v) is 4.61. The van der Waals surface area contributed by atoms with Crippen LogP contribution >= 0.6 is 0 Å². The van der Waals surface area contributed by atoms with Gasteiger partial charge in [0.25, 0.3) is 0 Å². The van der Waals surface area contributed by atoms with Gasteiger partial charge in [-0.1, -0.05) is 25.1 Å². The summed E-state index contributed by atoms with van der Waals surface area (Å²) in [5, 5.41) is 2.99. The lowest BCUT2D eigenvalue weighted by Gasteiger charge is -2.31. The zero-order valence-corrected chi connectivity index (χ0v) is 13.3. The van der Waals surface area contributed by atoms with E-state index in [0.29, 0.717) is 31.1 Å². The summed E-state index contributed by atoms with van der Waals surface area (Å²) in [5.74, 6) is -0.109. The molecule has 0 spiro atoms. The van der Waals surface area contributed by atoms with Crippen LogP contribution in [0.2, 0.25) is 0 Å². The van der Waals surface area contributed by atoms with Crippen LogP contribution in [0.1, 0.15) is 24.9 Å². The van der Waals surface area contributed by atoms with E-state index in [1.807, 2.05) is 0 Å². The second-order valence-electron chi connectivity index (χ2n) is 6.42. The van der Waals surface area contributed by atoms with Crippen LogP contribution in [-0.4, -0.2) is 54.3 Å². The molecule has 1 aromatic carbocycles. The van der Waals surface area contributed by atoms with E-state index in [-0.39, 0.29) is 36.8 Å². The molecular formula is C17H22FN3O2. The molecule has 5 nitrogen and oxygen atoms in total. The molecule has 1 N–H and O–H groups in total. The van der Waals surface area contributed by atoms with Crippen LogP contribution in [0.25, 0.3) is 0 Å². The summed E-state index contributed by atoms with van der Waals surface area (Å²) in [6.07, 6.45) is 0.752. The number of piperazine rings is 1. The van der Waals surface area contributed by atoms with Crippen molar-refractivity contribution < 1.29 is 14.0 Å². The highest BCUT2D eigenvalue weighted by molar-refractivity contribution is 5.86. The van der Waals surface area contributed by atoms with Gasteiger partial charge in [-0.2, -0.15) is 0 Å². The first kappa shape index (κ1) is 15.9. The Balaban J connectivity index is 1.75. The summed E-state index contributed by atoms with van der Waals surface area (Å²) in [4.78, 5) is 27.9. The normalized spacial score (nSPS) is 25.0. The monoisotopic (exact) mass is 319 g/mol. The van der Waals surface area contributed by atoms with E-state index < -0.39 is 0 Å². The maximum atomic E-state index is 14.1. The molecule has 23 heavy (non-hydrogen) atoms. The Bertz CT molecular complexity index is 607. The van der Waals surface area contributed by atoms with Crippen molar-refractivity contribution in [3.8, 4) is 0 Å². The molecule has 0 aromatic heterocycles. The number of nitrogens with one attached hydrogen (secondary N) is 1. The Labute approximate surface area is 135 Å². The van der Waals surface area contributed by atoms with Gasteiger partial charge in [0.2, 0.25) is 11.8 Å². The Morgan fingerprint density at radius 2 is 2.17 bits per heavy atom. The van der Waals surface area contributed by atoms with Gasteiger partial charge in [0, 0.05) is 25.2 Å². The quantitative estimate of drug-likeness (QED) is 0.910. The number of carbonyl (C=O) groups is 2. The number of nitrogens with zero attached hydrogens (tertiary/aromatic N) is 2. The van der Waals surface area contributed by atoms with Crippen LogP contribution in [0.5, 0.6) is 0 Å². The summed E-state index contributed by atoms with van der Waals surface area (Å²) in [6, 6.07) is 6.39. The van der Waals surface area contributed by atoms with Crippen molar-refractivity contribution in [2.45, 2.75) is 19.4 Å². The average molecular weight is 319 g/mol. The van der Waals surface area contributed by atoms with Crippen molar-refractivity contribution in [3.05, 3.63) is 35.6 Å². The first-order chi connectivity index (χ1) is 11.1. The van der Waals surface area contributed by atoms with Gasteiger partial charge in [-0.25, -0.2) is 4.39 Å². The summed E-state index contributed by atoms with van der Waals surface area (Å²) in [5.41, 5.74) is 0.567. The van der Waals surface area contributed by atoms with Crippen molar-refractivity contribution in [1.29, 1.82) is 0 Å². The van der Waals surface area contributed by atoms with Crippen molar-refractivity contribution in [2.24, 2.45) is 5.92 Å². The van der Waals surface area contributed by atoms with Crippen molar-refractivity contribution in [3.63, 3.8) is 0 Å². The lowest BCUT2D eigenvalue weighted by Crippen LogP contribution is -2.51. The highest BCUT2D eigenvalue weighted by Crippen LogP contribution is 2.36. The molecule has 0 bridgehead atoms. The minimum absolute atomic E-state index is 0.0562. The second kappa shape index (κ2) is 6.66. The fourth-order valence-corrected chi connectivity index (χ4v) is 3.43. The molecule has 2 fully saturated rings. The third-order valence-electron chi connectivity index (χ3n) is 4.61. The van der Waals surface area contributed by atoms with Crippen molar-refractivity contribution in [1.82, 2.24) is 15.1 Å². The molecule has 2 aliphatic rings. The van der Waals surface area contributed by atoms with E-state index >= 15 is 0 Å². The molecule has 0 saturated carbocycles. The maximum Gasteiger partial charge on any atom is 0.242 e. The average Bonchev–Trinajstić information content (AvgIpc) is 2.92. The highest BCUT2D eigenvalue weighted by Gasteiger charge is 2.36. The Morgan fingerprint density at radius 3 is 2.91 bits per heavy atom. The number of halogens is 1. The second-order valence-corrected chi connectivity index (χ2v) is 6.42. The highest BCUT2D eigenvalue weighted by atomic mass is 19.1. The van der Waals surface area contributed by atoms with Crippen LogP contribution in [-0.2, 0) is 9.59 Å². The molecule has 2 atom stereocenters. The lowest BCUT2D eigenvalue weighted by molar-refractivity contribution is -0.141. The lowest BCUT2D eigenvalue weighted by atomic mass is 10.0. The Hall–Kier alpha value is -1.95. The Morgan fingerprint density at radius 1 is 1.39 bits per heavy atom. The van der Waals surface area contributed by atoms with E-state index in [9.17, 15) is 14.0 Å².